The normalized spacial score (nSPS) is 20.0. The number of halogens is 1. The molecule has 0 bridgehead atoms. The molecule has 5 nitrogen and oxygen atoms in total. The summed E-state index contributed by atoms with van der Waals surface area (Å²) in [6, 6.07) is 7.00. The Labute approximate surface area is 117 Å². The molecular weight excluding hydrogens is 290 g/mol. The lowest BCUT2D eigenvalue weighted by Crippen LogP contribution is -2.25. The van der Waals surface area contributed by atoms with Gasteiger partial charge in [0, 0.05) is 29.6 Å². The van der Waals surface area contributed by atoms with Crippen LogP contribution in [0.1, 0.15) is 6.42 Å². The summed E-state index contributed by atoms with van der Waals surface area (Å²) in [5.41, 5.74) is 0.722. The van der Waals surface area contributed by atoms with E-state index in [2.05, 4.69) is 0 Å². The number of benzene rings is 1. The molecule has 0 saturated carbocycles. The molecule has 0 aromatic heterocycles. The van der Waals surface area contributed by atoms with Gasteiger partial charge in [-0.3, -0.25) is 8.98 Å². The summed E-state index contributed by atoms with van der Waals surface area (Å²) < 4.78 is 26.6. The number of hydrogen-bond acceptors (Lipinski definition) is 4. The highest BCUT2D eigenvalue weighted by Gasteiger charge is 2.31. The van der Waals surface area contributed by atoms with Crippen LogP contribution in [0.3, 0.4) is 0 Å². The zero-order valence-electron chi connectivity index (χ0n) is 10.4. The highest BCUT2D eigenvalue weighted by molar-refractivity contribution is 7.85. The number of carbonyl (C=O) groups excluding carboxylic acids is 1. The fourth-order valence-corrected chi connectivity index (χ4v) is 2.63. The molecule has 1 unspecified atom stereocenters. The first kappa shape index (κ1) is 14.3. The van der Waals surface area contributed by atoms with Crippen molar-refractivity contribution in [2.45, 2.75) is 6.42 Å². The molecule has 1 saturated heterocycles. The van der Waals surface area contributed by atoms with Gasteiger partial charge in [0.15, 0.2) is 0 Å². The summed E-state index contributed by atoms with van der Waals surface area (Å²) in [4.78, 5) is 13.5. The van der Waals surface area contributed by atoms with Crippen LogP contribution < -0.4 is 4.90 Å². The van der Waals surface area contributed by atoms with E-state index in [4.69, 9.17) is 15.8 Å². The maximum atomic E-state index is 11.9. The predicted molar refractivity (Wildman–Crippen MR) is 72.7 cm³/mol. The van der Waals surface area contributed by atoms with Crippen LogP contribution >= 0.6 is 11.6 Å². The number of nitrogens with zero attached hydrogens (tertiary/aromatic N) is 1. The highest BCUT2D eigenvalue weighted by atomic mass is 35.5. The Morgan fingerprint density at radius 1 is 1.47 bits per heavy atom. The largest absolute Gasteiger partial charge is 0.312 e. The first-order chi connectivity index (χ1) is 8.85. The Balaban J connectivity index is 2.04. The Bertz CT molecular complexity index is 587. The molecule has 0 radical (unpaired) electrons. The lowest BCUT2D eigenvalue weighted by atomic mass is 10.1. The molecule has 1 heterocycles. The quantitative estimate of drug-likeness (QED) is 0.794. The predicted octanol–water partition coefficient (Wildman–Crippen LogP) is 1.67. The van der Waals surface area contributed by atoms with E-state index in [1.807, 2.05) is 0 Å². The maximum absolute atomic E-state index is 11.9. The highest BCUT2D eigenvalue weighted by Crippen LogP contribution is 2.27. The summed E-state index contributed by atoms with van der Waals surface area (Å²) in [6.07, 6.45) is 1.28. The van der Waals surface area contributed by atoms with Gasteiger partial charge in [0.05, 0.1) is 12.9 Å². The lowest BCUT2D eigenvalue weighted by Gasteiger charge is -2.16. The first-order valence-corrected chi connectivity index (χ1v) is 7.95. The van der Waals surface area contributed by atoms with E-state index in [0.29, 0.717) is 11.6 Å². The minimum absolute atomic E-state index is 0.0294. The number of amides is 1. The number of hydrogen-bond donors (Lipinski definition) is 0. The van der Waals surface area contributed by atoms with E-state index in [0.717, 1.165) is 11.9 Å². The van der Waals surface area contributed by atoms with Gasteiger partial charge in [-0.05, 0) is 18.2 Å². The van der Waals surface area contributed by atoms with E-state index in [-0.39, 0.29) is 24.9 Å². The molecule has 19 heavy (non-hydrogen) atoms. The number of rotatable bonds is 4. The second-order valence-electron chi connectivity index (χ2n) is 4.54. The van der Waals surface area contributed by atoms with Crippen molar-refractivity contribution in [1.29, 1.82) is 0 Å². The summed E-state index contributed by atoms with van der Waals surface area (Å²) in [6.45, 7) is 0.469. The van der Waals surface area contributed by atoms with E-state index >= 15 is 0 Å². The molecule has 1 fully saturated rings. The molecule has 0 aliphatic carbocycles. The third-order valence-electron chi connectivity index (χ3n) is 2.84. The van der Waals surface area contributed by atoms with Gasteiger partial charge in [0.2, 0.25) is 5.91 Å². The summed E-state index contributed by atoms with van der Waals surface area (Å²) >= 11 is 5.89. The van der Waals surface area contributed by atoms with Crippen LogP contribution in [-0.2, 0) is 19.1 Å². The maximum Gasteiger partial charge on any atom is 0.264 e. The van der Waals surface area contributed by atoms with Gasteiger partial charge < -0.3 is 4.90 Å². The summed E-state index contributed by atoms with van der Waals surface area (Å²) in [5, 5.41) is 0.557. The van der Waals surface area contributed by atoms with Crippen LogP contribution in [-0.4, -0.2) is 33.7 Å². The number of anilines is 1. The van der Waals surface area contributed by atoms with E-state index < -0.39 is 10.1 Å². The second kappa shape index (κ2) is 5.48. The van der Waals surface area contributed by atoms with Gasteiger partial charge in [-0.15, -0.1) is 0 Å². The summed E-state index contributed by atoms with van der Waals surface area (Å²) in [7, 11) is -3.47. The molecule has 1 aromatic carbocycles. The molecule has 1 aliphatic heterocycles. The Morgan fingerprint density at radius 2 is 2.21 bits per heavy atom. The molecular formula is C12H14ClNO4S. The molecule has 1 amide bonds. The average molecular weight is 304 g/mol. The van der Waals surface area contributed by atoms with Crippen molar-refractivity contribution in [2.24, 2.45) is 5.92 Å². The third kappa shape index (κ3) is 3.92. The molecule has 1 aromatic rings. The van der Waals surface area contributed by atoms with Gasteiger partial charge in [-0.1, -0.05) is 17.7 Å². The van der Waals surface area contributed by atoms with Crippen LogP contribution in [0.15, 0.2) is 24.3 Å². The van der Waals surface area contributed by atoms with Crippen LogP contribution in [0.25, 0.3) is 0 Å². The molecule has 104 valence electrons. The van der Waals surface area contributed by atoms with E-state index in [9.17, 15) is 13.2 Å². The van der Waals surface area contributed by atoms with Crippen molar-refractivity contribution in [1.82, 2.24) is 0 Å². The van der Waals surface area contributed by atoms with Crippen LogP contribution in [0, 0.1) is 5.92 Å². The fraction of sp³-hybridized carbons (Fsp3) is 0.417. The Morgan fingerprint density at radius 3 is 2.84 bits per heavy atom. The lowest BCUT2D eigenvalue weighted by molar-refractivity contribution is -0.117. The van der Waals surface area contributed by atoms with Gasteiger partial charge in [-0.25, -0.2) is 0 Å². The Hall–Kier alpha value is -1.11. The van der Waals surface area contributed by atoms with Crippen molar-refractivity contribution in [3.63, 3.8) is 0 Å². The van der Waals surface area contributed by atoms with Crippen molar-refractivity contribution in [2.75, 3.05) is 24.3 Å². The van der Waals surface area contributed by atoms with Crippen molar-refractivity contribution in [3.05, 3.63) is 29.3 Å². The van der Waals surface area contributed by atoms with E-state index in [1.165, 1.54) is 0 Å². The standard InChI is InChI=1S/C12H14ClNO4S/c1-19(16,17)18-8-9-5-12(15)14(7-9)11-4-2-3-10(13)6-11/h2-4,6,9H,5,7-8H2,1H3. The molecule has 1 atom stereocenters. The first-order valence-electron chi connectivity index (χ1n) is 5.75. The van der Waals surface area contributed by atoms with Crippen LogP contribution in [0.5, 0.6) is 0 Å². The van der Waals surface area contributed by atoms with Gasteiger partial charge in [0.1, 0.15) is 0 Å². The van der Waals surface area contributed by atoms with Crippen molar-refractivity contribution >= 4 is 33.3 Å². The smallest absolute Gasteiger partial charge is 0.264 e. The SMILES string of the molecule is CS(=O)(=O)OCC1CC(=O)N(c2cccc(Cl)c2)C1. The topological polar surface area (TPSA) is 63.7 Å². The molecule has 7 heteroatoms. The van der Waals surface area contributed by atoms with Crippen LogP contribution in [0.4, 0.5) is 5.69 Å². The molecule has 0 N–H and O–H groups in total. The van der Waals surface area contributed by atoms with Crippen LogP contribution in [0.2, 0.25) is 5.02 Å². The zero-order valence-corrected chi connectivity index (χ0v) is 11.9. The minimum atomic E-state index is -3.47. The summed E-state index contributed by atoms with van der Waals surface area (Å²) in [5.74, 6) is -0.175. The second-order valence-corrected chi connectivity index (χ2v) is 6.62. The minimum Gasteiger partial charge on any atom is -0.312 e. The van der Waals surface area contributed by atoms with Gasteiger partial charge >= 0.3 is 0 Å². The average Bonchev–Trinajstić information content (AvgIpc) is 2.67. The molecule has 0 spiro atoms. The number of carbonyl (C=O) groups is 1. The molecule has 2 rings (SSSR count). The Kier molecular flexibility index (Phi) is 4.13. The van der Waals surface area contributed by atoms with Crippen molar-refractivity contribution < 1.29 is 17.4 Å². The van der Waals surface area contributed by atoms with E-state index in [1.54, 1.807) is 29.2 Å². The van der Waals surface area contributed by atoms with Crippen molar-refractivity contribution in [3.8, 4) is 0 Å². The van der Waals surface area contributed by atoms with Gasteiger partial charge in [-0.2, -0.15) is 8.42 Å². The fourth-order valence-electron chi connectivity index (χ4n) is 2.01. The third-order valence-corrected chi connectivity index (χ3v) is 3.64. The monoisotopic (exact) mass is 303 g/mol. The van der Waals surface area contributed by atoms with Gasteiger partial charge in [0.25, 0.3) is 10.1 Å². The zero-order chi connectivity index (χ0) is 14.0. The molecule has 1 aliphatic rings.